The smallest absolute Gasteiger partial charge is 0.0547 e. The highest BCUT2D eigenvalue weighted by Crippen LogP contribution is 2.44. The number of fused-ring (bicyclic) bond motifs is 9. The van der Waals surface area contributed by atoms with Gasteiger partial charge in [-0.25, -0.2) is 0 Å². The third-order valence-electron chi connectivity index (χ3n) is 14.7. The predicted molar refractivity (Wildman–Crippen MR) is 307 cm³/mol. The van der Waals surface area contributed by atoms with Gasteiger partial charge in [-0.2, -0.15) is 0 Å². The van der Waals surface area contributed by atoms with E-state index in [1.807, 2.05) is 0 Å². The number of benzene rings is 13. The van der Waals surface area contributed by atoms with Gasteiger partial charge in [0.1, 0.15) is 0 Å². The first-order chi connectivity index (χ1) is 35.7. The molecule has 0 atom stereocenters. The quantitative estimate of drug-likeness (QED) is 0.138. The van der Waals surface area contributed by atoms with Gasteiger partial charge >= 0.3 is 0 Å². The van der Waals surface area contributed by atoms with Crippen molar-refractivity contribution < 1.29 is 0 Å². The fourth-order valence-electron chi connectivity index (χ4n) is 11.2. The molecule has 0 N–H and O–H groups in total. The summed E-state index contributed by atoms with van der Waals surface area (Å²) in [6, 6.07) is 102. The van der Waals surface area contributed by atoms with Gasteiger partial charge in [0.15, 0.2) is 0 Å². The summed E-state index contributed by atoms with van der Waals surface area (Å²) >= 11 is 0. The molecule has 2 nitrogen and oxygen atoms in total. The normalized spacial score (nSPS) is 11.6. The maximum Gasteiger partial charge on any atom is 0.0547 e. The number of hydrogen-bond donors (Lipinski definition) is 0. The van der Waals surface area contributed by atoms with Crippen LogP contribution in [-0.4, -0.2) is 4.57 Å². The molecule has 13 aromatic carbocycles. The minimum absolute atomic E-state index is 1.08. The molecular formula is C70H46N2. The van der Waals surface area contributed by atoms with E-state index >= 15 is 0 Å². The van der Waals surface area contributed by atoms with Crippen molar-refractivity contribution in [2.24, 2.45) is 0 Å². The van der Waals surface area contributed by atoms with Crippen LogP contribution in [0.4, 0.5) is 17.1 Å². The zero-order valence-electron chi connectivity index (χ0n) is 39.5. The van der Waals surface area contributed by atoms with E-state index in [1.54, 1.807) is 0 Å². The van der Waals surface area contributed by atoms with E-state index in [0.717, 1.165) is 28.3 Å². The fourth-order valence-corrected chi connectivity index (χ4v) is 11.2. The molecule has 0 bridgehead atoms. The summed E-state index contributed by atoms with van der Waals surface area (Å²) in [7, 11) is 0. The highest BCUT2D eigenvalue weighted by molar-refractivity contribution is 6.17. The Balaban J connectivity index is 0.899. The number of anilines is 3. The van der Waals surface area contributed by atoms with E-state index in [0.29, 0.717) is 0 Å². The standard InChI is InChI=1S/C70H46N2/c1-3-13-47(14-4-1)54-35-42-68-67(46-54)70-66(23-12-24-69(70)72(68)58-18-5-2-6-19-58)55-17-11-20-61(45-55)71(59-36-29-48(30-37-59)52-33-40-64-56(43-52)27-25-50-15-7-9-21-62(50)64)60-38-31-49(32-39-60)53-34-41-65-57(44-53)28-26-51-16-8-10-22-63(51)65/h1-46H. The zero-order valence-corrected chi connectivity index (χ0v) is 39.5. The number of aromatic nitrogens is 1. The fraction of sp³-hybridized carbons (Fsp3) is 0. The first-order valence-corrected chi connectivity index (χ1v) is 24.8. The van der Waals surface area contributed by atoms with Gasteiger partial charge in [-0.15, -0.1) is 0 Å². The first kappa shape index (κ1) is 41.5. The lowest BCUT2D eigenvalue weighted by Crippen LogP contribution is -2.10. The molecule has 0 unspecified atom stereocenters. The van der Waals surface area contributed by atoms with Crippen molar-refractivity contribution >= 4 is 82.0 Å². The minimum Gasteiger partial charge on any atom is -0.310 e. The maximum absolute atomic E-state index is 2.41. The Bertz CT molecular complexity index is 4200. The molecule has 2 heteroatoms. The zero-order chi connectivity index (χ0) is 47.5. The molecule has 0 radical (unpaired) electrons. The summed E-state index contributed by atoms with van der Waals surface area (Å²) in [6.07, 6.45) is 0. The lowest BCUT2D eigenvalue weighted by atomic mass is 9.96. The van der Waals surface area contributed by atoms with Crippen LogP contribution in [0.5, 0.6) is 0 Å². The van der Waals surface area contributed by atoms with Gasteiger partial charge in [-0.3, -0.25) is 0 Å². The molecule has 14 rings (SSSR count). The van der Waals surface area contributed by atoms with E-state index in [4.69, 9.17) is 0 Å². The number of para-hydroxylation sites is 1. The average molecular weight is 915 g/mol. The third-order valence-corrected chi connectivity index (χ3v) is 14.7. The van der Waals surface area contributed by atoms with Crippen molar-refractivity contribution in [2.75, 3.05) is 4.90 Å². The average Bonchev–Trinajstić information content (AvgIpc) is 3.80. The molecule has 0 amide bonds. The van der Waals surface area contributed by atoms with E-state index in [-0.39, 0.29) is 0 Å². The molecule has 0 aliphatic rings. The monoisotopic (exact) mass is 914 g/mol. The second-order valence-electron chi connectivity index (χ2n) is 18.9. The lowest BCUT2D eigenvalue weighted by Gasteiger charge is -2.26. The lowest BCUT2D eigenvalue weighted by molar-refractivity contribution is 1.18. The predicted octanol–water partition coefficient (Wildman–Crippen LogP) is 19.5. The molecule has 1 aromatic heterocycles. The van der Waals surface area contributed by atoms with Crippen LogP contribution in [-0.2, 0) is 0 Å². The van der Waals surface area contributed by atoms with Crippen LogP contribution in [0.25, 0.3) is 115 Å². The molecule has 0 spiro atoms. The molecule has 0 fully saturated rings. The SMILES string of the molecule is c1ccc(-c2ccc3c(c2)c2c(-c4cccc(N(c5ccc(-c6ccc7c(ccc8ccccc87)c6)cc5)c5ccc(-c6ccc7c(ccc8ccccc87)c6)cc5)c4)cccc2n3-c2ccccc2)cc1. The Kier molecular flexibility index (Phi) is 9.89. The molecule has 0 aliphatic carbocycles. The summed E-state index contributed by atoms with van der Waals surface area (Å²) < 4.78 is 2.41. The van der Waals surface area contributed by atoms with Crippen molar-refractivity contribution in [3.05, 3.63) is 279 Å². The van der Waals surface area contributed by atoms with Gasteiger partial charge in [-0.05, 0) is 166 Å². The number of rotatable bonds is 8. The van der Waals surface area contributed by atoms with Crippen LogP contribution in [0.1, 0.15) is 0 Å². The van der Waals surface area contributed by atoms with Crippen molar-refractivity contribution in [3.63, 3.8) is 0 Å². The molecule has 0 aliphatic heterocycles. The third kappa shape index (κ3) is 7.12. The van der Waals surface area contributed by atoms with E-state index in [1.165, 1.54) is 104 Å². The Morgan fingerprint density at radius 1 is 0.236 bits per heavy atom. The second kappa shape index (κ2) is 17.2. The van der Waals surface area contributed by atoms with Crippen LogP contribution >= 0.6 is 0 Å². The summed E-state index contributed by atoms with van der Waals surface area (Å²) in [4.78, 5) is 2.40. The topological polar surface area (TPSA) is 8.17 Å². The summed E-state index contributed by atoms with van der Waals surface area (Å²) in [6.45, 7) is 0. The van der Waals surface area contributed by atoms with Crippen molar-refractivity contribution in [3.8, 4) is 50.2 Å². The second-order valence-corrected chi connectivity index (χ2v) is 18.9. The van der Waals surface area contributed by atoms with Gasteiger partial charge < -0.3 is 9.47 Å². The van der Waals surface area contributed by atoms with Crippen molar-refractivity contribution in [1.82, 2.24) is 4.57 Å². The minimum atomic E-state index is 1.08. The van der Waals surface area contributed by atoms with Crippen LogP contribution in [0.15, 0.2) is 279 Å². The van der Waals surface area contributed by atoms with Crippen LogP contribution in [0, 0.1) is 0 Å². The molecule has 72 heavy (non-hydrogen) atoms. The Morgan fingerprint density at radius 2 is 0.708 bits per heavy atom. The molecule has 1 heterocycles. The largest absolute Gasteiger partial charge is 0.310 e. The molecular weight excluding hydrogens is 869 g/mol. The van der Waals surface area contributed by atoms with Gasteiger partial charge in [0.25, 0.3) is 0 Å². The molecule has 0 saturated heterocycles. The maximum atomic E-state index is 2.41. The highest BCUT2D eigenvalue weighted by atomic mass is 15.1. The Labute approximate surface area is 418 Å². The van der Waals surface area contributed by atoms with E-state index in [9.17, 15) is 0 Å². The Hall–Kier alpha value is -9.50. The van der Waals surface area contributed by atoms with Gasteiger partial charge in [-0.1, -0.05) is 200 Å². The van der Waals surface area contributed by atoms with E-state index < -0.39 is 0 Å². The summed E-state index contributed by atoms with van der Waals surface area (Å²) in [5.41, 5.74) is 16.3. The van der Waals surface area contributed by atoms with Gasteiger partial charge in [0.05, 0.1) is 11.0 Å². The van der Waals surface area contributed by atoms with Crippen molar-refractivity contribution in [2.45, 2.75) is 0 Å². The Morgan fingerprint density at radius 3 is 1.33 bits per heavy atom. The molecule has 336 valence electrons. The van der Waals surface area contributed by atoms with Crippen molar-refractivity contribution in [1.29, 1.82) is 0 Å². The number of nitrogens with zero attached hydrogens (tertiary/aromatic N) is 2. The van der Waals surface area contributed by atoms with E-state index in [2.05, 4.69) is 289 Å². The summed E-state index contributed by atoms with van der Waals surface area (Å²) in [5, 5.41) is 12.6. The first-order valence-electron chi connectivity index (χ1n) is 24.8. The van der Waals surface area contributed by atoms with Crippen LogP contribution in [0.2, 0.25) is 0 Å². The summed E-state index contributed by atoms with van der Waals surface area (Å²) in [5.74, 6) is 0. The van der Waals surface area contributed by atoms with Crippen LogP contribution in [0.3, 0.4) is 0 Å². The van der Waals surface area contributed by atoms with Gasteiger partial charge in [0, 0.05) is 33.5 Å². The number of hydrogen-bond acceptors (Lipinski definition) is 1. The highest BCUT2D eigenvalue weighted by Gasteiger charge is 2.20. The molecule has 0 saturated carbocycles. The van der Waals surface area contributed by atoms with Gasteiger partial charge in [0.2, 0.25) is 0 Å². The molecule has 14 aromatic rings. The van der Waals surface area contributed by atoms with Crippen LogP contribution < -0.4 is 4.90 Å².